The number of hydrogen-bond acceptors (Lipinski definition) is 4. The van der Waals surface area contributed by atoms with Gasteiger partial charge >= 0.3 is 6.18 Å². The van der Waals surface area contributed by atoms with Crippen LogP contribution in [-0.4, -0.2) is 11.7 Å². The van der Waals surface area contributed by atoms with Crippen molar-refractivity contribution in [3.63, 3.8) is 0 Å². The van der Waals surface area contributed by atoms with E-state index in [1.807, 2.05) is 29.6 Å². The first-order chi connectivity index (χ1) is 16.8. The first kappa shape index (κ1) is 23.4. The highest BCUT2D eigenvalue weighted by molar-refractivity contribution is 7.10. The van der Waals surface area contributed by atoms with Crippen molar-refractivity contribution in [3.05, 3.63) is 93.3 Å². The third kappa shape index (κ3) is 4.27. The summed E-state index contributed by atoms with van der Waals surface area (Å²) in [5.41, 5.74) is 2.13. The average Bonchev–Trinajstić information content (AvgIpc) is 3.33. The normalized spacial score (nSPS) is 20.1. The third-order valence-electron chi connectivity index (χ3n) is 6.56. The number of allylic oxidation sites excluding steroid dienone is 1. The highest BCUT2D eigenvalue weighted by atomic mass is 32.1. The molecule has 0 spiro atoms. The molecule has 0 bridgehead atoms. The third-order valence-corrected chi connectivity index (χ3v) is 7.59. The van der Waals surface area contributed by atoms with Crippen molar-refractivity contribution < 1.29 is 22.8 Å². The fourth-order valence-corrected chi connectivity index (χ4v) is 5.76. The van der Waals surface area contributed by atoms with Gasteiger partial charge in [0.15, 0.2) is 5.78 Å². The minimum absolute atomic E-state index is 0.00240. The van der Waals surface area contributed by atoms with Crippen LogP contribution in [0.15, 0.2) is 77.3 Å². The van der Waals surface area contributed by atoms with Gasteiger partial charge in [0, 0.05) is 34.9 Å². The van der Waals surface area contributed by atoms with Crippen LogP contribution in [-0.2, 0) is 15.8 Å². The number of ketones is 1. The molecule has 2 aromatic carbocycles. The summed E-state index contributed by atoms with van der Waals surface area (Å²) in [5, 5.41) is 5.40. The number of para-hydroxylation sites is 2. The molecule has 0 fully saturated rings. The Hall–Kier alpha value is -3.39. The summed E-state index contributed by atoms with van der Waals surface area (Å²) in [7, 11) is 0. The first-order valence-corrected chi connectivity index (χ1v) is 12.3. The molecule has 2 heterocycles. The molecule has 1 N–H and O–H groups in total. The number of thiophene rings is 1. The second-order valence-corrected chi connectivity index (χ2v) is 9.70. The lowest BCUT2D eigenvalue weighted by Crippen LogP contribution is -2.38. The molecule has 1 aromatic heterocycles. The summed E-state index contributed by atoms with van der Waals surface area (Å²) in [6.07, 6.45) is -3.45. The Morgan fingerprint density at radius 2 is 1.80 bits per heavy atom. The van der Waals surface area contributed by atoms with Gasteiger partial charge in [-0.2, -0.15) is 13.2 Å². The van der Waals surface area contributed by atoms with Crippen LogP contribution in [0.5, 0.6) is 0 Å². The van der Waals surface area contributed by atoms with Gasteiger partial charge in [-0.15, -0.1) is 11.3 Å². The predicted octanol–water partition coefficient (Wildman–Crippen LogP) is 7.08. The molecule has 35 heavy (non-hydrogen) atoms. The Morgan fingerprint density at radius 3 is 2.46 bits per heavy atom. The minimum Gasteiger partial charge on any atom is -0.357 e. The number of amides is 1. The van der Waals surface area contributed by atoms with Crippen LogP contribution in [0.2, 0.25) is 0 Å². The minimum atomic E-state index is -4.48. The molecule has 4 nitrogen and oxygen atoms in total. The van der Waals surface area contributed by atoms with Crippen molar-refractivity contribution in [2.75, 3.05) is 10.2 Å². The number of rotatable bonds is 3. The van der Waals surface area contributed by atoms with Crippen molar-refractivity contribution in [3.8, 4) is 0 Å². The fraction of sp³-hybridized carbons (Fsp3) is 0.259. The second-order valence-electron chi connectivity index (χ2n) is 8.72. The molecule has 0 radical (unpaired) electrons. The second kappa shape index (κ2) is 9.00. The van der Waals surface area contributed by atoms with Crippen LogP contribution in [0.25, 0.3) is 0 Å². The van der Waals surface area contributed by atoms with Crippen molar-refractivity contribution in [1.29, 1.82) is 0 Å². The summed E-state index contributed by atoms with van der Waals surface area (Å²) < 4.78 is 39.8. The van der Waals surface area contributed by atoms with E-state index in [4.69, 9.17) is 0 Å². The lowest BCUT2D eigenvalue weighted by Gasteiger charge is -2.35. The number of nitrogens with one attached hydrogen (secondary N) is 1. The Bertz CT molecular complexity index is 1300. The number of halogens is 3. The van der Waals surface area contributed by atoms with Crippen LogP contribution in [0.4, 0.5) is 24.5 Å². The molecule has 1 aliphatic heterocycles. The maximum absolute atomic E-state index is 13.7. The zero-order valence-corrected chi connectivity index (χ0v) is 19.7. The summed E-state index contributed by atoms with van der Waals surface area (Å²) in [6, 6.07) is 15.2. The van der Waals surface area contributed by atoms with Crippen molar-refractivity contribution in [2.24, 2.45) is 0 Å². The van der Waals surface area contributed by atoms with Gasteiger partial charge in [0.25, 0.3) is 0 Å². The largest absolute Gasteiger partial charge is 0.416 e. The molecule has 180 valence electrons. The molecule has 8 heteroatoms. The van der Waals surface area contributed by atoms with E-state index >= 15 is 0 Å². The van der Waals surface area contributed by atoms with E-state index in [0.29, 0.717) is 34.6 Å². The Kier molecular flexibility index (Phi) is 6.01. The lowest BCUT2D eigenvalue weighted by atomic mass is 9.80. The molecule has 0 unspecified atom stereocenters. The van der Waals surface area contributed by atoms with Gasteiger partial charge in [0.05, 0.1) is 23.0 Å². The van der Waals surface area contributed by atoms with Gasteiger partial charge in [0.2, 0.25) is 5.91 Å². The van der Waals surface area contributed by atoms with Crippen LogP contribution >= 0.6 is 11.3 Å². The van der Waals surface area contributed by atoms with Gasteiger partial charge in [-0.05, 0) is 47.7 Å². The number of hydrogen-bond donors (Lipinski definition) is 1. The van der Waals surface area contributed by atoms with Crippen molar-refractivity contribution >= 4 is 34.4 Å². The maximum Gasteiger partial charge on any atom is 0.416 e. The van der Waals surface area contributed by atoms with E-state index in [2.05, 4.69) is 5.32 Å². The van der Waals surface area contributed by atoms with E-state index in [1.165, 1.54) is 12.1 Å². The maximum atomic E-state index is 13.7. The highest BCUT2D eigenvalue weighted by Crippen LogP contribution is 2.48. The van der Waals surface area contributed by atoms with E-state index in [-0.39, 0.29) is 30.4 Å². The Balaban J connectivity index is 1.70. The zero-order chi connectivity index (χ0) is 24.7. The highest BCUT2D eigenvalue weighted by Gasteiger charge is 2.41. The van der Waals surface area contributed by atoms with Gasteiger partial charge in [-0.25, -0.2) is 0 Å². The number of benzene rings is 2. The Morgan fingerprint density at radius 1 is 1.06 bits per heavy atom. The molecule has 3 aromatic rings. The van der Waals surface area contributed by atoms with E-state index in [9.17, 15) is 22.8 Å². The van der Waals surface area contributed by atoms with Crippen LogP contribution < -0.4 is 10.2 Å². The molecule has 2 aliphatic rings. The number of carbonyl (C=O) groups excluding carboxylic acids is 2. The van der Waals surface area contributed by atoms with E-state index in [1.54, 1.807) is 35.3 Å². The topological polar surface area (TPSA) is 49.4 Å². The standard InChI is InChI=1S/C27H23F3N2O2S/c1-2-24(34)32-21-7-4-3-6-19(21)31-20-14-17(23-8-5-13-35-23)15-22(33)25(20)26(32)16-9-11-18(12-10-16)27(28,29)30/h3-13,17,26,31H,2,14-15H2,1H3/t17-,26-/m0/s1. The van der Waals surface area contributed by atoms with E-state index in [0.717, 1.165) is 17.0 Å². The summed E-state index contributed by atoms with van der Waals surface area (Å²) in [6.45, 7) is 1.73. The Labute approximate surface area is 205 Å². The number of fused-ring (bicyclic) bond motifs is 1. The van der Waals surface area contributed by atoms with Gasteiger partial charge in [0.1, 0.15) is 0 Å². The van der Waals surface area contributed by atoms with Crippen LogP contribution in [0, 0.1) is 0 Å². The molecule has 1 amide bonds. The number of alkyl halides is 3. The summed E-state index contributed by atoms with van der Waals surface area (Å²) in [5.74, 6) is -0.322. The molecule has 5 rings (SSSR count). The molecule has 0 saturated carbocycles. The van der Waals surface area contributed by atoms with Crippen molar-refractivity contribution in [1.82, 2.24) is 0 Å². The fourth-order valence-electron chi connectivity index (χ4n) is 4.93. The van der Waals surface area contributed by atoms with Gasteiger partial charge < -0.3 is 5.32 Å². The number of anilines is 2. The van der Waals surface area contributed by atoms with Crippen LogP contribution in [0.1, 0.15) is 54.1 Å². The molecule has 2 atom stereocenters. The average molecular weight is 497 g/mol. The smallest absolute Gasteiger partial charge is 0.357 e. The van der Waals surface area contributed by atoms with Gasteiger partial charge in [-0.3, -0.25) is 14.5 Å². The first-order valence-electron chi connectivity index (χ1n) is 11.4. The lowest BCUT2D eigenvalue weighted by molar-refractivity contribution is -0.137. The summed E-state index contributed by atoms with van der Waals surface area (Å²) >= 11 is 1.60. The number of nitrogens with zero attached hydrogens (tertiary/aromatic N) is 1. The monoisotopic (exact) mass is 496 g/mol. The SMILES string of the molecule is CCC(=O)N1c2ccccc2NC2=C(C(=O)C[C@@H](c3cccs3)C2)[C@@H]1c1ccc(C(F)(F)F)cc1. The molecular weight excluding hydrogens is 473 g/mol. The zero-order valence-electron chi connectivity index (χ0n) is 18.9. The van der Waals surface area contributed by atoms with Gasteiger partial charge in [-0.1, -0.05) is 37.3 Å². The number of carbonyl (C=O) groups is 2. The van der Waals surface area contributed by atoms with Crippen molar-refractivity contribution in [2.45, 2.75) is 44.3 Å². The van der Waals surface area contributed by atoms with E-state index < -0.39 is 17.8 Å². The van der Waals surface area contributed by atoms with Crippen LogP contribution in [0.3, 0.4) is 0 Å². The number of Topliss-reactive ketones (excluding diaryl/α,β-unsaturated/α-hetero) is 1. The molecule has 1 aliphatic carbocycles. The quantitative estimate of drug-likeness (QED) is 0.422. The summed E-state index contributed by atoms with van der Waals surface area (Å²) in [4.78, 5) is 29.7. The molecule has 0 saturated heterocycles. The predicted molar refractivity (Wildman–Crippen MR) is 130 cm³/mol. The molecular formula is C27H23F3N2O2S.